The molecule has 3 saturated carbocycles. The van der Waals surface area contributed by atoms with E-state index in [1.165, 1.54) is 11.0 Å². The Balaban J connectivity index is 1.16. The van der Waals surface area contributed by atoms with Crippen molar-refractivity contribution in [2.24, 2.45) is 11.8 Å². The van der Waals surface area contributed by atoms with Crippen LogP contribution in [0, 0.1) is 11.8 Å². The van der Waals surface area contributed by atoms with Crippen LogP contribution in [0.5, 0.6) is 0 Å². The van der Waals surface area contributed by atoms with Gasteiger partial charge in [-0.15, -0.1) is 6.58 Å². The van der Waals surface area contributed by atoms with Gasteiger partial charge in [-0.05, 0) is 67.6 Å². The summed E-state index contributed by atoms with van der Waals surface area (Å²) in [4.78, 5) is 71.8. The largest absolute Gasteiger partial charge is 0.444 e. The molecule has 1 aromatic rings. The molecule has 14 heteroatoms. The summed E-state index contributed by atoms with van der Waals surface area (Å²) in [6.07, 6.45) is 10.0. The molecular formula is C36H45N5O8S. The Bertz CT molecular complexity index is 1730. The van der Waals surface area contributed by atoms with E-state index in [-0.39, 0.29) is 37.6 Å². The molecule has 13 nitrogen and oxygen atoms in total. The number of benzene rings is 1. The minimum absolute atomic E-state index is 0.0275. The van der Waals surface area contributed by atoms with Crippen LogP contribution in [0.4, 0.5) is 4.79 Å². The zero-order valence-corrected chi connectivity index (χ0v) is 28.9. The third-order valence-corrected chi connectivity index (χ3v) is 13.0. The molecule has 3 N–H and O–H groups in total. The maximum absolute atomic E-state index is 14.5. The lowest BCUT2D eigenvalue weighted by atomic mass is 9.96. The standard InChI is InChI=1S/C36H45N5O8S/c1-2-25-18-36(25,34(45)39-50(47,48)27-15-16-27)38-32(43)29-17-26-20-41(29)33(44)31(23-10-6-7-11-23)37-30(42)14-5-3-4-9-22-12-8-13-24-19-40(21-28(22)24)35(46)49-26/h2,4,8-9,12-13,23,25-27,29,31H,1,3,5-7,10-11,14-21H2,(H,37,42)(H,38,43)(H,39,45)/b9-4+/t25-,26+,29-,31-,36+/m0/s1. The van der Waals surface area contributed by atoms with Crippen molar-refractivity contribution in [1.29, 1.82) is 0 Å². The predicted molar refractivity (Wildman–Crippen MR) is 182 cm³/mol. The first-order chi connectivity index (χ1) is 24.0. The highest BCUT2D eigenvalue weighted by Gasteiger charge is 2.62. The fourth-order valence-corrected chi connectivity index (χ4v) is 9.40. The molecule has 6 aliphatic rings. The molecular weight excluding hydrogens is 662 g/mol. The molecule has 4 fully saturated rings. The van der Waals surface area contributed by atoms with Gasteiger partial charge in [0.1, 0.15) is 23.7 Å². The molecule has 0 radical (unpaired) electrons. The Morgan fingerprint density at radius 2 is 1.84 bits per heavy atom. The first-order valence-electron chi connectivity index (χ1n) is 17.8. The number of carbonyl (C=O) groups excluding carboxylic acids is 5. The Labute approximate surface area is 292 Å². The van der Waals surface area contributed by atoms with Crippen molar-refractivity contribution < 1.29 is 37.1 Å². The number of allylic oxidation sites excluding steroid dienone is 1. The molecule has 0 aromatic heterocycles. The van der Waals surface area contributed by atoms with Gasteiger partial charge in [-0.25, -0.2) is 13.2 Å². The predicted octanol–water partition coefficient (Wildman–Crippen LogP) is 2.65. The Hall–Kier alpha value is -4.20. The van der Waals surface area contributed by atoms with Crippen LogP contribution in [0.3, 0.4) is 0 Å². The third kappa shape index (κ3) is 6.78. The van der Waals surface area contributed by atoms with E-state index in [4.69, 9.17) is 4.74 Å². The molecule has 3 aliphatic carbocycles. The van der Waals surface area contributed by atoms with Crippen LogP contribution in [0.2, 0.25) is 0 Å². The number of rotatable bonds is 7. The second-order valence-corrected chi connectivity index (χ2v) is 16.6. The van der Waals surface area contributed by atoms with Crippen LogP contribution in [0.25, 0.3) is 6.08 Å². The molecule has 7 rings (SSSR count). The van der Waals surface area contributed by atoms with Crippen molar-refractivity contribution in [3.05, 3.63) is 53.6 Å². The topological polar surface area (TPSA) is 171 Å². The van der Waals surface area contributed by atoms with Crippen LogP contribution in [0.15, 0.2) is 36.9 Å². The van der Waals surface area contributed by atoms with Crippen molar-refractivity contribution in [2.45, 2.75) is 113 Å². The van der Waals surface area contributed by atoms with Gasteiger partial charge in [0.15, 0.2) is 0 Å². The molecule has 268 valence electrons. The number of nitrogens with zero attached hydrogens (tertiary/aromatic N) is 2. The third-order valence-electron chi connectivity index (χ3n) is 11.2. The van der Waals surface area contributed by atoms with Crippen LogP contribution < -0.4 is 15.4 Å². The zero-order chi connectivity index (χ0) is 35.2. The minimum Gasteiger partial charge on any atom is -0.444 e. The second-order valence-electron chi connectivity index (χ2n) is 14.7. The first-order valence-corrected chi connectivity index (χ1v) is 19.4. The first kappa shape index (κ1) is 34.3. The zero-order valence-electron chi connectivity index (χ0n) is 28.1. The van der Waals surface area contributed by atoms with E-state index in [0.29, 0.717) is 38.8 Å². The maximum atomic E-state index is 14.5. The van der Waals surface area contributed by atoms with Crippen molar-refractivity contribution in [1.82, 2.24) is 25.2 Å². The highest BCUT2D eigenvalue weighted by Crippen LogP contribution is 2.45. The number of ether oxygens (including phenoxy) is 1. The Morgan fingerprint density at radius 3 is 2.56 bits per heavy atom. The highest BCUT2D eigenvalue weighted by atomic mass is 32.2. The molecule has 50 heavy (non-hydrogen) atoms. The number of sulfonamides is 1. The van der Waals surface area contributed by atoms with E-state index >= 15 is 0 Å². The smallest absolute Gasteiger partial charge is 0.410 e. The molecule has 3 heterocycles. The summed E-state index contributed by atoms with van der Waals surface area (Å²) < 4.78 is 33.4. The van der Waals surface area contributed by atoms with Gasteiger partial charge in [-0.1, -0.05) is 49.3 Å². The fourth-order valence-electron chi connectivity index (χ4n) is 8.03. The average Bonchev–Trinajstić information content (AvgIpc) is 3.86. The molecule has 5 atom stereocenters. The summed E-state index contributed by atoms with van der Waals surface area (Å²) in [6, 6.07) is 3.92. The van der Waals surface area contributed by atoms with Crippen molar-refractivity contribution in [3.8, 4) is 0 Å². The number of fused-ring (bicyclic) bond motifs is 3. The monoisotopic (exact) mass is 707 g/mol. The maximum Gasteiger partial charge on any atom is 0.410 e. The summed E-state index contributed by atoms with van der Waals surface area (Å²) in [5.41, 5.74) is 1.49. The minimum atomic E-state index is -3.88. The van der Waals surface area contributed by atoms with E-state index in [1.54, 1.807) is 4.90 Å². The lowest BCUT2D eigenvalue weighted by Gasteiger charge is -2.32. The van der Waals surface area contributed by atoms with Crippen molar-refractivity contribution >= 4 is 45.8 Å². The van der Waals surface area contributed by atoms with Gasteiger partial charge >= 0.3 is 6.09 Å². The molecule has 5 amide bonds. The van der Waals surface area contributed by atoms with Gasteiger partial charge in [-0.2, -0.15) is 0 Å². The molecule has 0 spiro atoms. The molecule has 3 aliphatic heterocycles. The number of carbonyl (C=O) groups is 5. The number of nitrogens with one attached hydrogen (secondary N) is 3. The number of hydrogen-bond acceptors (Lipinski definition) is 8. The fraction of sp³-hybridized carbons (Fsp3) is 0.583. The van der Waals surface area contributed by atoms with Gasteiger partial charge in [0, 0.05) is 25.3 Å². The SMILES string of the molecule is C=C[C@H]1C[C@]1(NC(=O)[C@@H]1C[C@@H]2CN1C(=O)[C@H](C1CCCC1)NC(=O)CCC/C=C/c1cccc3c1CN(C3)C(=O)O2)C(=O)NS(=O)(=O)C1CC1. The van der Waals surface area contributed by atoms with Gasteiger partial charge < -0.3 is 20.3 Å². The molecule has 1 saturated heterocycles. The molecule has 0 unspecified atom stereocenters. The van der Waals surface area contributed by atoms with E-state index < -0.39 is 68.7 Å². The van der Waals surface area contributed by atoms with Gasteiger partial charge in [-0.3, -0.25) is 28.8 Å². The van der Waals surface area contributed by atoms with E-state index in [0.717, 1.165) is 42.4 Å². The van der Waals surface area contributed by atoms with Crippen LogP contribution in [-0.4, -0.2) is 83.5 Å². The summed E-state index contributed by atoms with van der Waals surface area (Å²) in [5, 5.41) is 5.14. The van der Waals surface area contributed by atoms with E-state index in [2.05, 4.69) is 21.9 Å². The summed E-state index contributed by atoms with van der Waals surface area (Å²) >= 11 is 0. The van der Waals surface area contributed by atoms with Gasteiger partial charge in [0.05, 0.1) is 18.3 Å². The van der Waals surface area contributed by atoms with Gasteiger partial charge in [0.2, 0.25) is 27.7 Å². The summed E-state index contributed by atoms with van der Waals surface area (Å²) in [5.74, 6) is -2.80. The summed E-state index contributed by atoms with van der Waals surface area (Å²) in [6.45, 7) is 4.41. The lowest BCUT2D eigenvalue weighted by molar-refractivity contribution is -0.143. The van der Waals surface area contributed by atoms with Crippen LogP contribution in [-0.2, 0) is 47.0 Å². The van der Waals surface area contributed by atoms with Gasteiger partial charge in [0.25, 0.3) is 5.91 Å². The van der Waals surface area contributed by atoms with Crippen LogP contribution >= 0.6 is 0 Å². The Morgan fingerprint density at radius 1 is 1.06 bits per heavy atom. The molecule has 1 aromatic carbocycles. The van der Waals surface area contributed by atoms with Crippen molar-refractivity contribution in [2.75, 3.05) is 6.54 Å². The number of hydrogen-bond donors (Lipinski definition) is 3. The summed E-state index contributed by atoms with van der Waals surface area (Å²) in [7, 11) is -3.88. The average molecular weight is 708 g/mol. The quantitative estimate of drug-likeness (QED) is 0.363. The number of amides is 5. The normalized spacial score (nSPS) is 30.9. The molecule has 4 bridgehead atoms. The van der Waals surface area contributed by atoms with Crippen LogP contribution in [0.1, 0.15) is 87.3 Å². The van der Waals surface area contributed by atoms with Crippen molar-refractivity contribution in [3.63, 3.8) is 0 Å². The Kier molecular flexibility index (Phi) is 9.25. The highest BCUT2D eigenvalue weighted by molar-refractivity contribution is 7.91. The van der Waals surface area contributed by atoms with E-state index in [9.17, 15) is 32.4 Å². The lowest BCUT2D eigenvalue weighted by Crippen LogP contribution is -2.59. The second kappa shape index (κ2) is 13.5. The van der Waals surface area contributed by atoms with E-state index in [1.807, 2.05) is 30.4 Å².